The average molecular weight is 915 g/mol. The van der Waals surface area contributed by atoms with E-state index < -0.39 is 0 Å². The second kappa shape index (κ2) is 14.1. The van der Waals surface area contributed by atoms with Gasteiger partial charge < -0.3 is 18.6 Å². The lowest BCUT2D eigenvalue weighted by Gasteiger charge is -2.28. The van der Waals surface area contributed by atoms with Gasteiger partial charge in [0.25, 0.3) is 0 Å². The van der Waals surface area contributed by atoms with E-state index >= 15 is 0 Å². The van der Waals surface area contributed by atoms with Crippen LogP contribution in [0.3, 0.4) is 0 Å². The van der Waals surface area contributed by atoms with Crippen molar-refractivity contribution in [1.82, 2.24) is 8.80 Å². The topological polar surface area (TPSA) is 15.3 Å². The molecule has 0 saturated carbocycles. The zero-order valence-electron chi connectivity index (χ0n) is 39.1. The molecule has 4 nitrogen and oxygen atoms in total. The lowest BCUT2D eigenvalue weighted by Crippen LogP contribution is -2.12. The lowest BCUT2D eigenvalue weighted by atomic mass is 10.0. The molecule has 0 atom stereocenters. The molecule has 11 aromatic carbocycles. The molecule has 72 heavy (non-hydrogen) atoms. The van der Waals surface area contributed by atoms with Crippen LogP contribution in [0.4, 0.5) is 34.1 Å². The van der Waals surface area contributed by atoms with Crippen LogP contribution in [0.25, 0.3) is 98.4 Å². The fourth-order valence-corrected chi connectivity index (χ4v) is 13.4. The Morgan fingerprint density at radius 3 is 1.10 bits per heavy atom. The van der Waals surface area contributed by atoms with Gasteiger partial charge in [0.2, 0.25) is 0 Å². The minimum absolute atomic E-state index is 0.913. The van der Waals surface area contributed by atoms with E-state index in [9.17, 15) is 0 Å². The van der Waals surface area contributed by atoms with E-state index in [0.717, 1.165) is 35.6 Å². The van der Waals surface area contributed by atoms with Gasteiger partial charge >= 0.3 is 0 Å². The molecule has 0 amide bonds. The summed E-state index contributed by atoms with van der Waals surface area (Å²) in [6, 6.07) is 86.2. The number of anilines is 6. The number of rotatable bonds is 6. The predicted octanol–water partition coefficient (Wildman–Crippen LogP) is 18.1. The van der Waals surface area contributed by atoms with Crippen molar-refractivity contribution in [2.75, 3.05) is 9.80 Å². The van der Waals surface area contributed by atoms with Gasteiger partial charge in [0.05, 0.1) is 44.5 Å². The first-order valence-corrected chi connectivity index (χ1v) is 25.2. The van der Waals surface area contributed by atoms with Crippen molar-refractivity contribution in [2.45, 2.75) is 12.8 Å². The highest BCUT2D eigenvalue weighted by atomic mass is 15.2. The normalized spacial score (nSPS) is 12.9. The van der Waals surface area contributed by atoms with Crippen molar-refractivity contribution >= 4 is 110 Å². The molecule has 4 heteroatoms. The number of aromatic nitrogens is 2. The number of hydrogen-bond donors (Lipinski definition) is 0. The third-order valence-electron chi connectivity index (χ3n) is 16.4. The van der Waals surface area contributed by atoms with Gasteiger partial charge in [-0.15, -0.1) is 0 Å². The van der Waals surface area contributed by atoms with Crippen LogP contribution in [-0.2, 0) is 12.8 Å². The van der Waals surface area contributed by atoms with Crippen LogP contribution in [0.1, 0.15) is 22.3 Å². The average Bonchev–Trinajstić information content (AvgIpc) is 4.29. The molecule has 2 aliphatic carbocycles. The molecule has 0 fully saturated rings. The first-order valence-electron chi connectivity index (χ1n) is 25.2. The van der Waals surface area contributed by atoms with Crippen molar-refractivity contribution in [1.29, 1.82) is 0 Å². The summed E-state index contributed by atoms with van der Waals surface area (Å²) in [4.78, 5) is 4.95. The molecule has 0 saturated heterocycles. The Labute approximate surface area is 414 Å². The van der Waals surface area contributed by atoms with Gasteiger partial charge in [0.1, 0.15) is 0 Å². The van der Waals surface area contributed by atoms with Gasteiger partial charge in [0, 0.05) is 78.7 Å². The van der Waals surface area contributed by atoms with Crippen LogP contribution in [0, 0.1) is 0 Å². The number of benzene rings is 11. The monoisotopic (exact) mass is 914 g/mol. The summed E-state index contributed by atoms with van der Waals surface area (Å²) in [5.41, 5.74) is 25.3. The van der Waals surface area contributed by atoms with Crippen molar-refractivity contribution < 1.29 is 0 Å². The van der Waals surface area contributed by atoms with Crippen LogP contribution < -0.4 is 9.80 Å². The Kier molecular flexibility index (Phi) is 7.55. The Balaban J connectivity index is 0.889. The molecule has 0 bridgehead atoms. The molecule has 0 radical (unpaired) electrons. The van der Waals surface area contributed by atoms with Gasteiger partial charge in [-0.25, -0.2) is 0 Å². The Bertz CT molecular complexity index is 4450. The van der Waals surface area contributed by atoms with Gasteiger partial charge in [0.15, 0.2) is 0 Å². The minimum Gasteiger partial charge on any atom is -0.310 e. The standard InChI is InChI=1S/C68H42N4/c1-3-17-43(18-4-1)69(61-29-13-23-49-47-21-9-7-15-41(47)35-57(49)61)45-31-33-51-53-25-11-27-55-59-40-66-60(39-65(59)71(67(53)55)63(51)37-45)56-28-12-26-54-52-34-32-46(38-64(52)72(66)68(54)56)70(44-19-5-2-6-20-44)62-30-14-24-50-48-22-10-8-16-42(48)36-58(50)62/h1-34,37-40H,35-36H2. The molecule has 17 rings (SSSR count). The van der Waals surface area contributed by atoms with E-state index in [0.29, 0.717) is 0 Å². The second-order valence-corrected chi connectivity index (χ2v) is 20.0. The summed E-state index contributed by atoms with van der Waals surface area (Å²) < 4.78 is 5.12. The quantitative estimate of drug-likeness (QED) is 0.165. The number of nitrogens with zero attached hydrogens (tertiary/aromatic N) is 4. The summed E-state index contributed by atoms with van der Waals surface area (Å²) in [6.07, 6.45) is 1.83. The maximum atomic E-state index is 2.56. The molecule has 4 heterocycles. The Morgan fingerprint density at radius 2 is 0.639 bits per heavy atom. The first kappa shape index (κ1) is 38.5. The molecule has 0 unspecified atom stereocenters. The van der Waals surface area contributed by atoms with E-state index in [1.165, 1.54) is 132 Å². The fourth-order valence-electron chi connectivity index (χ4n) is 13.4. The summed E-state index contributed by atoms with van der Waals surface area (Å²) in [5.74, 6) is 0. The van der Waals surface area contributed by atoms with E-state index in [2.05, 4.69) is 249 Å². The molecular formula is C68H42N4. The lowest BCUT2D eigenvalue weighted by molar-refractivity contribution is 1.20. The van der Waals surface area contributed by atoms with Gasteiger partial charge in [-0.3, -0.25) is 0 Å². The van der Waals surface area contributed by atoms with Crippen LogP contribution in [0.2, 0.25) is 0 Å². The summed E-state index contributed by atoms with van der Waals surface area (Å²) in [7, 11) is 0. The third-order valence-corrected chi connectivity index (χ3v) is 16.4. The highest BCUT2D eigenvalue weighted by molar-refractivity contribution is 6.29. The molecular weight excluding hydrogens is 873 g/mol. The van der Waals surface area contributed by atoms with Crippen LogP contribution in [0.5, 0.6) is 0 Å². The second-order valence-electron chi connectivity index (χ2n) is 20.0. The van der Waals surface area contributed by atoms with E-state index in [1.807, 2.05) is 0 Å². The van der Waals surface area contributed by atoms with Gasteiger partial charge in [-0.1, -0.05) is 158 Å². The molecule has 2 aliphatic rings. The van der Waals surface area contributed by atoms with Crippen LogP contribution in [-0.4, -0.2) is 8.80 Å². The maximum absolute atomic E-state index is 2.56. The smallest absolute Gasteiger partial charge is 0.0620 e. The predicted molar refractivity (Wildman–Crippen MR) is 302 cm³/mol. The van der Waals surface area contributed by atoms with Crippen molar-refractivity contribution in [3.63, 3.8) is 0 Å². The highest BCUT2D eigenvalue weighted by Crippen LogP contribution is 2.51. The third kappa shape index (κ3) is 5.05. The van der Waals surface area contributed by atoms with Crippen LogP contribution >= 0.6 is 0 Å². The molecule has 334 valence electrons. The summed E-state index contributed by atoms with van der Waals surface area (Å²) in [5, 5.41) is 10.2. The first-order chi connectivity index (χ1) is 35.7. The Morgan fingerprint density at radius 1 is 0.264 bits per heavy atom. The van der Waals surface area contributed by atoms with Gasteiger partial charge in [-0.05, 0) is 117 Å². The Hall–Kier alpha value is -9.38. The fraction of sp³-hybridized carbons (Fsp3) is 0.0294. The molecule has 0 spiro atoms. The van der Waals surface area contributed by atoms with E-state index in [4.69, 9.17) is 0 Å². The highest BCUT2D eigenvalue weighted by Gasteiger charge is 2.29. The SMILES string of the molecule is c1ccc(N(c2ccc3c4cccc5c6cc7c(cc6n(c3c2)c45)c2cccc3c4ccc(N(c5ccccc5)c5cccc6c5Cc5ccccc5-6)cc4n7c32)c2cccc3c2Cc2ccccc2-3)cc1. The maximum Gasteiger partial charge on any atom is 0.0620 e. The zero-order valence-corrected chi connectivity index (χ0v) is 39.1. The van der Waals surface area contributed by atoms with Crippen LogP contribution in [0.15, 0.2) is 231 Å². The van der Waals surface area contributed by atoms with Crippen molar-refractivity contribution in [2.24, 2.45) is 0 Å². The largest absolute Gasteiger partial charge is 0.310 e. The summed E-state index contributed by atoms with van der Waals surface area (Å²) in [6.45, 7) is 0. The van der Waals surface area contributed by atoms with Crippen molar-refractivity contribution in [3.8, 4) is 22.3 Å². The number of hydrogen-bond acceptors (Lipinski definition) is 2. The van der Waals surface area contributed by atoms with E-state index in [1.54, 1.807) is 0 Å². The summed E-state index contributed by atoms with van der Waals surface area (Å²) >= 11 is 0. The number of para-hydroxylation sites is 4. The molecule has 0 aliphatic heterocycles. The minimum atomic E-state index is 0.913. The van der Waals surface area contributed by atoms with Crippen molar-refractivity contribution in [3.05, 3.63) is 253 Å². The molecule has 15 aromatic rings. The zero-order chi connectivity index (χ0) is 46.8. The van der Waals surface area contributed by atoms with Gasteiger partial charge in [-0.2, -0.15) is 0 Å². The van der Waals surface area contributed by atoms with E-state index in [-0.39, 0.29) is 0 Å². The molecule has 4 aromatic heterocycles. The molecule has 0 N–H and O–H groups in total. The number of fused-ring (bicyclic) bond motifs is 18.